The van der Waals surface area contributed by atoms with Gasteiger partial charge in [-0.3, -0.25) is 9.59 Å². The highest BCUT2D eigenvalue weighted by molar-refractivity contribution is 5.81. The summed E-state index contributed by atoms with van der Waals surface area (Å²) in [5.74, 6) is -3.24. The number of carbonyl (C=O) groups excluding carboxylic acids is 1. The smallest absolute Gasteiger partial charge is 0.481 e. The number of Topliss-reactive ketones (excluding diaryl/α,β-unsaturated/α-hetero) is 1. The Bertz CT molecular complexity index is 1420. The first-order valence-corrected chi connectivity index (χ1v) is 14.4. The zero-order valence-corrected chi connectivity index (χ0v) is 24.8. The van der Waals surface area contributed by atoms with Crippen LogP contribution in [0.15, 0.2) is 72.8 Å². The van der Waals surface area contributed by atoms with E-state index in [0.29, 0.717) is 31.2 Å². The highest BCUT2D eigenvalue weighted by Crippen LogP contribution is 2.43. The Kier molecular flexibility index (Phi) is 12.3. The average molecular weight is 679 g/mol. The van der Waals surface area contributed by atoms with Gasteiger partial charge in [0.15, 0.2) is 0 Å². The Labute approximate surface area is 264 Å². The number of ketones is 1. The van der Waals surface area contributed by atoms with Crippen LogP contribution in [0.2, 0.25) is 0 Å². The van der Waals surface area contributed by atoms with Crippen molar-refractivity contribution in [2.75, 3.05) is 0 Å². The molecule has 0 atom stereocenters. The third-order valence-electron chi connectivity index (χ3n) is 7.31. The lowest BCUT2D eigenvalue weighted by Gasteiger charge is -2.36. The van der Waals surface area contributed by atoms with Crippen LogP contribution in [0.25, 0.3) is 0 Å². The third-order valence-corrected chi connectivity index (χ3v) is 7.31. The summed E-state index contributed by atoms with van der Waals surface area (Å²) in [5, 5.41) is 8.78. The van der Waals surface area contributed by atoms with Gasteiger partial charge in [-0.05, 0) is 72.2 Å². The lowest BCUT2D eigenvalue weighted by molar-refractivity contribution is -0.275. The van der Waals surface area contributed by atoms with Gasteiger partial charge in [-0.2, -0.15) is 13.2 Å². The van der Waals surface area contributed by atoms with Crippen molar-refractivity contribution in [2.45, 2.75) is 82.1 Å². The zero-order valence-electron chi connectivity index (χ0n) is 24.8. The molecule has 0 saturated heterocycles. The molecule has 0 bridgehead atoms. The molecule has 0 amide bonds. The largest absolute Gasteiger partial charge is 0.573 e. The number of carboxylic acids is 1. The van der Waals surface area contributed by atoms with E-state index in [1.165, 1.54) is 24.3 Å². The molecule has 0 aliphatic carbocycles. The predicted octanol–water partition coefficient (Wildman–Crippen LogP) is 9.50. The SMILES string of the molecule is O=C(O)CCCCCc1ccc(CC(CC(=O)CCC(F)(F)F)(c2cccc(OC(F)(F)F)c2)c2cccc(OC(F)(F)F)c2)cc1. The number of hydrogen-bond acceptors (Lipinski definition) is 4. The van der Waals surface area contributed by atoms with Crippen LogP contribution in [0.4, 0.5) is 39.5 Å². The molecule has 47 heavy (non-hydrogen) atoms. The van der Waals surface area contributed by atoms with Gasteiger partial charge in [0.2, 0.25) is 0 Å². The summed E-state index contributed by atoms with van der Waals surface area (Å²) >= 11 is 0. The van der Waals surface area contributed by atoms with Gasteiger partial charge in [-0.25, -0.2) is 0 Å². The molecule has 1 N–H and O–H groups in total. The standard InChI is InChI=1S/C33H31F9O5/c34-31(35,36)17-16-26(43)21-30(24-7-4-9-27(18-24)46-32(37,38)39,25-8-5-10-28(19-25)47-33(40,41)42)20-23-14-12-22(13-15-23)6-2-1-3-11-29(44)45/h4-5,7-10,12-15,18-19H,1-3,6,11,16-17,20-21H2,(H,44,45). The fraction of sp³-hybridized carbons (Fsp3) is 0.394. The van der Waals surface area contributed by atoms with Gasteiger partial charge in [-0.15, -0.1) is 26.3 Å². The summed E-state index contributed by atoms with van der Waals surface area (Å²) in [7, 11) is 0. The molecule has 5 nitrogen and oxygen atoms in total. The summed E-state index contributed by atoms with van der Waals surface area (Å²) in [4.78, 5) is 23.9. The zero-order chi connectivity index (χ0) is 34.9. The van der Waals surface area contributed by atoms with E-state index in [2.05, 4.69) is 9.47 Å². The molecule has 0 saturated carbocycles. The van der Waals surface area contributed by atoms with Crippen molar-refractivity contribution in [1.29, 1.82) is 0 Å². The van der Waals surface area contributed by atoms with Gasteiger partial charge in [-0.1, -0.05) is 55.0 Å². The van der Waals surface area contributed by atoms with Gasteiger partial charge >= 0.3 is 24.9 Å². The summed E-state index contributed by atoms with van der Waals surface area (Å²) in [6.45, 7) is 0. The molecule has 0 spiro atoms. The molecular formula is C33H31F9O5. The fourth-order valence-electron chi connectivity index (χ4n) is 5.28. The summed E-state index contributed by atoms with van der Waals surface area (Å²) in [6, 6.07) is 15.6. The van der Waals surface area contributed by atoms with Gasteiger partial charge in [0.1, 0.15) is 17.3 Å². The number of carbonyl (C=O) groups is 2. The predicted molar refractivity (Wildman–Crippen MR) is 152 cm³/mol. The number of unbranched alkanes of at least 4 members (excludes halogenated alkanes) is 2. The number of ether oxygens (including phenoxy) is 2. The van der Waals surface area contributed by atoms with Crippen molar-refractivity contribution in [3.8, 4) is 11.5 Å². The third kappa shape index (κ3) is 12.8. The van der Waals surface area contributed by atoms with Crippen LogP contribution in [0.3, 0.4) is 0 Å². The first kappa shape index (κ1) is 37.2. The van der Waals surface area contributed by atoms with Crippen molar-refractivity contribution < 1.29 is 63.7 Å². The molecule has 0 heterocycles. The number of aliphatic carboxylic acids is 1. The van der Waals surface area contributed by atoms with Crippen molar-refractivity contribution in [3.05, 3.63) is 95.1 Å². The fourth-order valence-corrected chi connectivity index (χ4v) is 5.28. The minimum Gasteiger partial charge on any atom is -0.481 e. The number of carboxylic acid groups (broad SMARTS) is 1. The van der Waals surface area contributed by atoms with Crippen molar-refractivity contribution >= 4 is 11.8 Å². The van der Waals surface area contributed by atoms with E-state index in [0.717, 1.165) is 29.8 Å². The van der Waals surface area contributed by atoms with Crippen LogP contribution in [0.5, 0.6) is 11.5 Å². The first-order valence-electron chi connectivity index (χ1n) is 14.4. The molecule has 0 aliphatic heterocycles. The monoisotopic (exact) mass is 678 g/mol. The van der Waals surface area contributed by atoms with Crippen molar-refractivity contribution in [3.63, 3.8) is 0 Å². The summed E-state index contributed by atoms with van der Waals surface area (Å²) < 4.78 is 126. The minimum absolute atomic E-state index is 0.0220. The normalized spacial score (nSPS) is 12.5. The molecule has 3 aromatic carbocycles. The van der Waals surface area contributed by atoms with Gasteiger partial charge < -0.3 is 14.6 Å². The van der Waals surface area contributed by atoms with E-state index in [1.54, 1.807) is 24.3 Å². The maximum Gasteiger partial charge on any atom is 0.573 e. The average Bonchev–Trinajstić information content (AvgIpc) is 2.94. The van der Waals surface area contributed by atoms with Crippen molar-refractivity contribution in [2.24, 2.45) is 0 Å². The number of alkyl halides is 9. The van der Waals surface area contributed by atoms with Crippen molar-refractivity contribution in [1.82, 2.24) is 0 Å². The highest BCUT2D eigenvalue weighted by Gasteiger charge is 2.40. The van der Waals surface area contributed by atoms with Crippen LogP contribution in [-0.4, -0.2) is 35.8 Å². The van der Waals surface area contributed by atoms with Crippen LogP contribution >= 0.6 is 0 Å². The van der Waals surface area contributed by atoms with Crippen LogP contribution in [0, 0.1) is 0 Å². The Morgan fingerprint density at radius 3 is 1.62 bits per heavy atom. The Morgan fingerprint density at radius 2 is 1.15 bits per heavy atom. The van der Waals surface area contributed by atoms with Gasteiger partial charge in [0, 0.05) is 24.7 Å². The highest BCUT2D eigenvalue weighted by atomic mass is 19.4. The van der Waals surface area contributed by atoms with E-state index in [1.807, 2.05) is 0 Å². The summed E-state index contributed by atoms with van der Waals surface area (Å²) in [5.41, 5.74) is -0.473. The molecule has 3 aromatic rings. The molecular weight excluding hydrogens is 647 g/mol. The van der Waals surface area contributed by atoms with Gasteiger partial charge in [0.25, 0.3) is 0 Å². The molecule has 3 rings (SSSR count). The Hall–Kier alpha value is -4.23. The van der Waals surface area contributed by atoms with E-state index in [4.69, 9.17) is 5.11 Å². The molecule has 0 radical (unpaired) electrons. The maximum absolute atomic E-state index is 13.2. The number of benzene rings is 3. The second-order valence-corrected chi connectivity index (χ2v) is 11.0. The molecule has 0 unspecified atom stereocenters. The van der Waals surface area contributed by atoms with Crippen LogP contribution in [-0.2, 0) is 27.8 Å². The second kappa shape index (κ2) is 15.6. The maximum atomic E-state index is 13.2. The van der Waals surface area contributed by atoms with E-state index >= 15 is 0 Å². The first-order chi connectivity index (χ1) is 21.8. The van der Waals surface area contributed by atoms with E-state index in [-0.39, 0.29) is 24.0 Å². The number of rotatable bonds is 16. The molecule has 256 valence electrons. The minimum atomic E-state index is -5.12. The number of halogens is 9. The van der Waals surface area contributed by atoms with E-state index < -0.39 is 66.8 Å². The van der Waals surface area contributed by atoms with Crippen LogP contribution < -0.4 is 9.47 Å². The topological polar surface area (TPSA) is 72.8 Å². The lowest BCUT2D eigenvalue weighted by Crippen LogP contribution is -2.34. The molecule has 0 fully saturated rings. The summed E-state index contributed by atoms with van der Waals surface area (Å²) in [6.07, 6.45) is -15.8. The molecule has 0 aliphatic rings. The molecule has 0 aromatic heterocycles. The number of aryl methyl sites for hydroxylation is 1. The molecule has 14 heteroatoms. The quantitative estimate of drug-likeness (QED) is 0.121. The van der Waals surface area contributed by atoms with Gasteiger partial charge in [0.05, 0.1) is 6.42 Å². The number of hydrogen-bond donors (Lipinski definition) is 1. The Balaban J connectivity index is 2.11. The van der Waals surface area contributed by atoms with Crippen LogP contribution in [0.1, 0.15) is 67.2 Å². The Morgan fingerprint density at radius 1 is 0.638 bits per heavy atom. The lowest BCUT2D eigenvalue weighted by atomic mass is 9.67. The van der Waals surface area contributed by atoms with E-state index in [9.17, 15) is 49.1 Å². The second-order valence-electron chi connectivity index (χ2n) is 11.0.